The van der Waals surface area contributed by atoms with Gasteiger partial charge in [-0.2, -0.15) is 0 Å². The smallest absolute Gasteiger partial charge is 0.346 e. The third-order valence-corrected chi connectivity index (χ3v) is 8.18. The molecule has 2 saturated carbocycles. The zero-order valence-corrected chi connectivity index (χ0v) is 19.1. The lowest BCUT2D eigenvalue weighted by Crippen LogP contribution is -2.53. The second-order valence-electron chi connectivity index (χ2n) is 8.99. The SMILES string of the molecule is CCSc1nn(CCCN2C3CC(OCc4ccccc4F)CC34CC24)c(=O)n1CC. The molecule has 8 heteroatoms. The molecule has 0 amide bonds. The molecule has 3 aliphatic rings. The van der Waals surface area contributed by atoms with Crippen LogP contribution in [0.1, 0.15) is 45.1 Å². The number of thioether (sulfide) groups is 1. The maximum Gasteiger partial charge on any atom is 0.346 e. The minimum atomic E-state index is -0.186. The highest BCUT2D eigenvalue weighted by atomic mass is 32.2. The van der Waals surface area contributed by atoms with E-state index in [-0.39, 0.29) is 17.6 Å². The van der Waals surface area contributed by atoms with Gasteiger partial charge in [-0.05, 0) is 44.4 Å². The van der Waals surface area contributed by atoms with Crippen molar-refractivity contribution in [3.05, 3.63) is 46.1 Å². The fourth-order valence-corrected chi connectivity index (χ4v) is 6.57. The predicted octanol–water partition coefficient (Wildman–Crippen LogP) is 3.53. The van der Waals surface area contributed by atoms with Gasteiger partial charge in [0.05, 0.1) is 12.7 Å². The number of benzene rings is 1. The van der Waals surface area contributed by atoms with E-state index in [1.807, 2.05) is 13.0 Å². The standard InChI is InChI=1S/C23H31FN4O2S/c1-3-26-21(31-4-2)25-28(22(26)29)11-7-10-27-19-12-17(13-23(19)14-20(23)27)30-15-16-8-5-6-9-18(16)24/h5-6,8-9,17,19-20H,3-4,7,10-15H2,1-2H3. The van der Waals surface area contributed by atoms with E-state index >= 15 is 0 Å². The second kappa shape index (κ2) is 8.37. The molecule has 6 nitrogen and oxygen atoms in total. The number of aryl methyl sites for hydroxylation is 1. The average Bonchev–Trinajstić information content (AvgIpc) is 3.12. The summed E-state index contributed by atoms with van der Waals surface area (Å²) in [4.78, 5) is 15.2. The number of halogens is 1. The summed E-state index contributed by atoms with van der Waals surface area (Å²) in [5, 5.41) is 5.36. The summed E-state index contributed by atoms with van der Waals surface area (Å²) >= 11 is 1.62. The minimum absolute atomic E-state index is 0.00491. The van der Waals surface area contributed by atoms with Crippen molar-refractivity contribution in [1.82, 2.24) is 19.2 Å². The Kier molecular flexibility index (Phi) is 5.73. The van der Waals surface area contributed by atoms with Gasteiger partial charge in [-0.1, -0.05) is 36.9 Å². The molecule has 0 N–H and O–H groups in total. The molecular weight excluding hydrogens is 415 g/mol. The number of ether oxygens (including phenoxy) is 1. The van der Waals surface area contributed by atoms with Crippen LogP contribution < -0.4 is 5.69 Å². The van der Waals surface area contributed by atoms with Crippen molar-refractivity contribution in [3.63, 3.8) is 0 Å². The van der Waals surface area contributed by atoms with Crippen LogP contribution in [0.25, 0.3) is 0 Å². The number of likely N-dealkylation sites (tertiary alicyclic amines) is 1. The van der Waals surface area contributed by atoms with Gasteiger partial charge in [-0.25, -0.2) is 13.9 Å². The molecule has 1 saturated heterocycles. The summed E-state index contributed by atoms with van der Waals surface area (Å²) in [6.07, 6.45) is 4.55. The van der Waals surface area contributed by atoms with Crippen LogP contribution in [0, 0.1) is 11.2 Å². The van der Waals surface area contributed by atoms with Crippen molar-refractivity contribution in [2.75, 3.05) is 12.3 Å². The summed E-state index contributed by atoms with van der Waals surface area (Å²) in [5.41, 5.74) is 1.09. The summed E-state index contributed by atoms with van der Waals surface area (Å²) < 4.78 is 23.4. The Morgan fingerprint density at radius 3 is 2.84 bits per heavy atom. The minimum Gasteiger partial charge on any atom is -0.373 e. The number of hydrogen-bond donors (Lipinski definition) is 0. The Morgan fingerprint density at radius 1 is 1.23 bits per heavy atom. The lowest BCUT2D eigenvalue weighted by molar-refractivity contribution is 0.0305. The van der Waals surface area contributed by atoms with E-state index in [1.165, 1.54) is 12.5 Å². The lowest BCUT2D eigenvalue weighted by atomic mass is 9.90. The van der Waals surface area contributed by atoms with Crippen LogP contribution in [-0.2, 0) is 24.4 Å². The zero-order chi connectivity index (χ0) is 21.6. The molecule has 31 heavy (non-hydrogen) atoms. The van der Waals surface area contributed by atoms with Gasteiger partial charge >= 0.3 is 5.69 Å². The van der Waals surface area contributed by atoms with Crippen molar-refractivity contribution in [2.45, 2.75) is 82.6 Å². The van der Waals surface area contributed by atoms with Gasteiger partial charge in [0.25, 0.3) is 0 Å². The Morgan fingerprint density at radius 2 is 2.06 bits per heavy atom. The summed E-state index contributed by atoms with van der Waals surface area (Å²) in [6, 6.07) is 8.12. The first-order valence-electron chi connectivity index (χ1n) is 11.5. The van der Waals surface area contributed by atoms with Crippen LogP contribution in [0.4, 0.5) is 4.39 Å². The van der Waals surface area contributed by atoms with Gasteiger partial charge in [0.2, 0.25) is 0 Å². The monoisotopic (exact) mass is 446 g/mol. The van der Waals surface area contributed by atoms with Crippen LogP contribution >= 0.6 is 11.8 Å². The molecule has 3 fully saturated rings. The maximum absolute atomic E-state index is 13.9. The van der Waals surface area contributed by atoms with E-state index in [2.05, 4.69) is 16.9 Å². The normalized spacial score (nSPS) is 28.9. The van der Waals surface area contributed by atoms with E-state index in [0.717, 1.165) is 36.7 Å². The predicted molar refractivity (Wildman–Crippen MR) is 119 cm³/mol. The first-order valence-corrected chi connectivity index (χ1v) is 12.5. The molecule has 1 spiro atoms. The van der Waals surface area contributed by atoms with Gasteiger partial charge in [0.15, 0.2) is 5.16 Å². The quantitative estimate of drug-likeness (QED) is 0.523. The van der Waals surface area contributed by atoms with Crippen molar-refractivity contribution >= 4 is 11.8 Å². The molecule has 0 bridgehead atoms. The largest absolute Gasteiger partial charge is 0.373 e. The number of aromatic nitrogens is 3. The van der Waals surface area contributed by atoms with Crippen molar-refractivity contribution in [1.29, 1.82) is 0 Å². The van der Waals surface area contributed by atoms with Crippen molar-refractivity contribution < 1.29 is 9.13 Å². The van der Waals surface area contributed by atoms with Gasteiger partial charge in [0.1, 0.15) is 5.82 Å². The van der Waals surface area contributed by atoms with Gasteiger partial charge in [-0.3, -0.25) is 9.47 Å². The van der Waals surface area contributed by atoms with Crippen LogP contribution in [0.3, 0.4) is 0 Å². The van der Waals surface area contributed by atoms with Gasteiger partial charge < -0.3 is 4.74 Å². The van der Waals surface area contributed by atoms with E-state index < -0.39 is 0 Å². The highest BCUT2D eigenvalue weighted by Gasteiger charge is 2.75. The van der Waals surface area contributed by atoms with Gasteiger partial charge in [0, 0.05) is 42.7 Å². The summed E-state index contributed by atoms with van der Waals surface area (Å²) in [5.74, 6) is 0.726. The Bertz CT molecular complexity index is 1010. The maximum atomic E-state index is 13.9. The summed E-state index contributed by atoms with van der Waals surface area (Å²) in [7, 11) is 0. The number of nitrogens with zero attached hydrogens (tertiary/aromatic N) is 4. The highest BCUT2D eigenvalue weighted by molar-refractivity contribution is 7.99. The molecular formula is C23H31FN4O2S. The Hall–Kier alpha value is -1.64. The van der Waals surface area contributed by atoms with Crippen LogP contribution in [-0.4, -0.2) is 49.7 Å². The molecule has 5 rings (SSSR count). The molecule has 4 unspecified atom stereocenters. The van der Waals surface area contributed by atoms with Gasteiger partial charge in [-0.15, -0.1) is 5.10 Å². The van der Waals surface area contributed by atoms with E-state index in [1.54, 1.807) is 33.1 Å². The molecule has 168 valence electrons. The molecule has 1 aromatic carbocycles. The van der Waals surface area contributed by atoms with Crippen LogP contribution in [0.2, 0.25) is 0 Å². The van der Waals surface area contributed by atoms with E-state index in [0.29, 0.717) is 42.8 Å². The Balaban J connectivity index is 1.13. The molecule has 1 aromatic heterocycles. The third kappa shape index (κ3) is 3.66. The first kappa shape index (κ1) is 21.2. The average molecular weight is 447 g/mol. The molecule has 4 atom stereocenters. The fraction of sp³-hybridized carbons (Fsp3) is 0.652. The van der Waals surface area contributed by atoms with E-state index in [4.69, 9.17) is 4.74 Å². The summed E-state index contributed by atoms with van der Waals surface area (Å²) in [6.45, 7) is 6.75. The fourth-order valence-electron chi connectivity index (χ4n) is 5.79. The van der Waals surface area contributed by atoms with Crippen LogP contribution in [0.5, 0.6) is 0 Å². The molecule has 2 heterocycles. The van der Waals surface area contributed by atoms with Crippen molar-refractivity contribution in [3.8, 4) is 0 Å². The van der Waals surface area contributed by atoms with Crippen LogP contribution in [0.15, 0.2) is 34.2 Å². The topological polar surface area (TPSA) is 52.3 Å². The van der Waals surface area contributed by atoms with Crippen molar-refractivity contribution in [2.24, 2.45) is 5.41 Å². The molecule has 2 aromatic rings. The zero-order valence-electron chi connectivity index (χ0n) is 18.3. The van der Waals surface area contributed by atoms with E-state index in [9.17, 15) is 9.18 Å². The Labute approximate surface area is 186 Å². The lowest BCUT2D eigenvalue weighted by Gasteiger charge is -2.43. The number of rotatable bonds is 10. The molecule has 0 radical (unpaired) electrons. The molecule has 2 aliphatic carbocycles. The number of hydrogen-bond acceptors (Lipinski definition) is 5. The third-order valence-electron chi connectivity index (χ3n) is 7.33. The first-order chi connectivity index (χ1) is 15.1. The second-order valence-corrected chi connectivity index (χ2v) is 10.2. The highest BCUT2D eigenvalue weighted by Crippen LogP contribution is 2.70. The molecule has 1 aliphatic heterocycles.